The van der Waals surface area contributed by atoms with Gasteiger partial charge < -0.3 is 10.0 Å². The molecule has 3 N–H and O–H groups in total. The van der Waals surface area contributed by atoms with Crippen LogP contribution in [-0.4, -0.2) is 48.3 Å². The number of primary sulfonamides is 1. The first-order chi connectivity index (χ1) is 15.7. The van der Waals surface area contributed by atoms with E-state index in [9.17, 15) is 27.1 Å². The van der Waals surface area contributed by atoms with Crippen molar-refractivity contribution in [3.05, 3.63) is 59.4 Å². The van der Waals surface area contributed by atoms with E-state index < -0.39 is 56.4 Å². The first-order valence-electron chi connectivity index (χ1n) is 11.0. The molecule has 1 aliphatic heterocycles. The number of carbonyl (C=O) groups is 1. The quantitative estimate of drug-likeness (QED) is 0.642. The number of hydrogen-bond donors (Lipinski definition) is 2. The van der Waals surface area contributed by atoms with Crippen LogP contribution in [0.15, 0.2) is 36.4 Å². The third-order valence-electron chi connectivity index (χ3n) is 6.91. The molecule has 2 fully saturated rings. The largest absolute Gasteiger partial charge is 0.381 e. The van der Waals surface area contributed by atoms with Gasteiger partial charge in [-0.05, 0) is 61.8 Å². The van der Waals surface area contributed by atoms with E-state index in [1.165, 1.54) is 36.9 Å². The molecule has 1 saturated carbocycles. The monoisotopic (exact) mass is 496 g/mol. The van der Waals surface area contributed by atoms with Crippen LogP contribution in [0, 0.1) is 28.8 Å². The van der Waals surface area contributed by atoms with E-state index in [1.54, 1.807) is 0 Å². The van der Waals surface area contributed by atoms with E-state index in [2.05, 4.69) is 0 Å². The van der Waals surface area contributed by atoms with Gasteiger partial charge in [0.15, 0.2) is 0 Å². The van der Waals surface area contributed by atoms with Gasteiger partial charge in [-0.1, -0.05) is 18.2 Å². The van der Waals surface area contributed by atoms with Gasteiger partial charge in [-0.3, -0.25) is 4.79 Å². The summed E-state index contributed by atoms with van der Waals surface area (Å²) >= 11 is 0. The van der Waals surface area contributed by atoms with Gasteiger partial charge in [-0.2, -0.15) is 0 Å². The zero-order valence-corrected chi connectivity index (χ0v) is 19.7. The molecular formula is C24H27F3N2O4S. The minimum atomic E-state index is -3.90. The Bertz CT molecular complexity index is 1220. The number of nitrogens with zero attached hydrogens (tertiary/aromatic N) is 1. The lowest BCUT2D eigenvalue weighted by atomic mass is 9.86. The number of likely N-dealkylation sites (tertiary alicyclic amines) is 1. The predicted octanol–water partition coefficient (Wildman–Crippen LogP) is 2.98. The van der Waals surface area contributed by atoms with Crippen molar-refractivity contribution in [2.45, 2.75) is 44.8 Å². The van der Waals surface area contributed by atoms with Gasteiger partial charge in [-0.25, -0.2) is 26.7 Å². The molecule has 0 bridgehead atoms. The van der Waals surface area contributed by atoms with E-state index >= 15 is 4.39 Å². The predicted molar refractivity (Wildman–Crippen MR) is 120 cm³/mol. The second-order valence-corrected chi connectivity index (χ2v) is 11.7. The second kappa shape index (κ2) is 8.35. The molecular weight excluding hydrogens is 469 g/mol. The van der Waals surface area contributed by atoms with Crippen LogP contribution < -0.4 is 5.14 Å². The maximum absolute atomic E-state index is 15.6. The molecule has 0 radical (unpaired) electrons. The molecule has 1 aliphatic carbocycles. The minimum Gasteiger partial charge on any atom is -0.381 e. The van der Waals surface area contributed by atoms with Crippen LogP contribution in [0.5, 0.6) is 0 Å². The molecule has 1 spiro atoms. The highest BCUT2D eigenvalue weighted by molar-refractivity contribution is 7.89. The maximum atomic E-state index is 15.6. The molecule has 2 atom stereocenters. The summed E-state index contributed by atoms with van der Waals surface area (Å²) in [5, 5.41) is 15.7. The van der Waals surface area contributed by atoms with Crippen LogP contribution in [0.2, 0.25) is 0 Å². The van der Waals surface area contributed by atoms with Crippen molar-refractivity contribution in [1.82, 2.24) is 4.90 Å². The molecule has 34 heavy (non-hydrogen) atoms. The molecule has 1 amide bonds. The zero-order valence-electron chi connectivity index (χ0n) is 18.9. The van der Waals surface area contributed by atoms with Crippen LogP contribution in [0.1, 0.15) is 32.3 Å². The van der Waals surface area contributed by atoms with Gasteiger partial charge in [0.1, 0.15) is 23.1 Å². The van der Waals surface area contributed by atoms with E-state index in [1.807, 2.05) is 0 Å². The van der Waals surface area contributed by atoms with Gasteiger partial charge in [0.2, 0.25) is 10.0 Å². The topological polar surface area (TPSA) is 101 Å². The molecule has 1 saturated heterocycles. The summed E-state index contributed by atoms with van der Waals surface area (Å²) in [6.07, 6.45) is 1.36. The standard InChI is InChI=1S/C24H27F3N2O4S/c1-23(2,31)22(30)29-13-24(6-7-24)19(12-34(28,32)33)20(29)10-14-4-3-5-18(21(14)27)15-8-16(25)11-17(26)9-15/h3-5,8-9,11,19-20,31H,6-7,10,12-13H2,1-2H3,(H2,28,32,33). The minimum absolute atomic E-state index is 0.0154. The van der Waals surface area contributed by atoms with Crippen molar-refractivity contribution in [3.8, 4) is 11.1 Å². The molecule has 2 aliphatic rings. The number of sulfonamides is 1. The van der Waals surface area contributed by atoms with Crippen molar-refractivity contribution in [2.75, 3.05) is 12.3 Å². The zero-order chi connectivity index (χ0) is 25.1. The average Bonchev–Trinajstić information content (AvgIpc) is 3.42. The second-order valence-electron chi connectivity index (χ2n) is 10.00. The first-order valence-corrected chi connectivity index (χ1v) is 12.7. The summed E-state index contributed by atoms with van der Waals surface area (Å²) in [6, 6.07) is 6.43. The van der Waals surface area contributed by atoms with E-state index in [0.29, 0.717) is 18.9 Å². The van der Waals surface area contributed by atoms with Gasteiger partial charge in [-0.15, -0.1) is 0 Å². The molecule has 2 aromatic carbocycles. The fourth-order valence-corrected chi connectivity index (χ4v) is 6.22. The van der Waals surface area contributed by atoms with Crippen LogP contribution in [-0.2, 0) is 21.2 Å². The molecule has 0 aromatic heterocycles. The summed E-state index contributed by atoms with van der Waals surface area (Å²) in [5.41, 5.74) is -1.98. The maximum Gasteiger partial charge on any atom is 0.254 e. The van der Waals surface area contributed by atoms with Crippen LogP contribution >= 0.6 is 0 Å². The molecule has 1 heterocycles. The fraction of sp³-hybridized carbons (Fsp3) is 0.458. The highest BCUT2D eigenvalue weighted by Gasteiger charge is 2.61. The Hall–Kier alpha value is -2.43. The van der Waals surface area contributed by atoms with Gasteiger partial charge >= 0.3 is 0 Å². The summed E-state index contributed by atoms with van der Waals surface area (Å²) in [5.74, 6) is -3.89. The van der Waals surface area contributed by atoms with Gasteiger partial charge in [0.25, 0.3) is 5.91 Å². The number of rotatable bonds is 6. The summed E-state index contributed by atoms with van der Waals surface area (Å²) in [7, 11) is -3.90. The lowest BCUT2D eigenvalue weighted by Gasteiger charge is -2.32. The Morgan fingerprint density at radius 2 is 1.79 bits per heavy atom. The Morgan fingerprint density at radius 3 is 2.32 bits per heavy atom. The van der Waals surface area contributed by atoms with Crippen molar-refractivity contribution in [2.24, 2.45) is 16.5 Å². The summed E-state index contributed by atoms with van der Waals surface area (Å²) < 4.78 is 67.1. The normalized spacial score (nSPS) is 21.8. The van der Waals surface area contributed by atoms with Crippen molar-refractivity contribution in [1.29, 1.82) is 0 Å². The van der Waals surface area contributed by atoms with Gasteiger partial charge in [0, 0.05) is 30.1 Å². The van der Waals surface area contributed by atoms with E-state index in [0.717, 1.165) is 12.1 Å². The molecule has 6 nitrogen and oxygen atoms in total. The number of hydrogen-bond acceptors (Lipinski definition) is 4. The van der Waals surface area contributed by atoms with Crippen LogP contribution in [0.3, 0.4) is 0 Å². The van der Waals surface area contributed by atoms with Crippen molar-refractivity contribution < 1.29 is 31.5 Å². The highest BCUT2D eigenvalue weighted by atomic mass is 32.2. The summed E-state index contributed by atoms with van der Waals surface area (Å²) in [6.45, 7) is 2.94. The SMILES string of the molecule is CC(C)(O)C(=O)N1CC2(CC2)C(CS(N)(=O)=O)C1Cc1cccc(-c2cc(F)cc(F)c2)c1F. The van der Waals surface area contributed by atoms with Crippen LogP contribution in [0.25, 0.3) is 11.1 Å². The van der Waals surface area contributed by atoms with E-state index in [-0.39, 0.29) is 35.4 Å². The lowest BCUT2D eigenvalue weighted by Crippen LogP contribution is -2.49. The number of carbonyl (C=O) groups excluding carboxylic acids is 1. The number of benzene rings is 2. The number of halogens is 3. The Labute approximate surface area is 196 Å². The smallest absolute Gasteiger partial charge is 0.254 e. The molecule has 2 aromatic rings. The summed E-state index contributed by atoms with van der Waals surface area (Å²) in [4.78, 5) is 14.5. The van der Waals surface area contributed by atoms with Crippen LogP contribution in [0.4, 0.5) is 13.2 Å². The molecule has 10 heteroatoms. The average molecular weight is 497 g/mol. The Kier molecular flexibility index (Phi) is 6.06. The molecule has 2 unspecified atom stereocenters. The third-order valence-corrected chi connectivity index (χ3v) is 7.73. The number of amides is 1. The highest BCUT2D eigenvalue weighted by Crippen LogP contribution is 2.59. The first kappa shape index (κ1) is 24.7. The third kappa shape index (κ3) is 4.85. The van der Waals surface area contributed by atoms with Gasteiger partial charge in [0.05, 0.1) is 5.75 Å². The van der Waals surface area contributed by atoms with Crippen molar-refractivity contribution in [3.63, 3.8) is 0 Å². The number of nitrogens with two attached hydrogens (primary N) is 1. The molecule has 4 rings (SSSR count). The molecule has 184 valence electrons. The van der Waals surface area contributed by atoms with E-state index in [4.69, 9.17) is 5.14 Å². The Morgan fingerprint density at radius 1 is 1.18 bits per heavy atom. The fourth-order valence-electron chi connectivity index (χ4n) is 5.15. The number of aliphatic hydroxyl groups is 1. The van der Waals surface area contributed by atoms with Crippen molar-refractivity contribution >= 4 is 15.9 Å². The Balaban J connectivity index is 1.75. The lowest BCUT2D eigenvalue weighted by molar-refractivity contribution is -0.149.